The van der Waals surface area contributed by atoms with Gasteiger partial charge in [-0.1, -0.05) is 30.3 Å². The zero-order chi connectivity index (χ0) is 12.7. The molecule has 17 heavy (non-hydrogen) atoms. The molecule has 0 saturated heterocycles. The first-order chi connectivity index (χ1) is 8.09. The van der Waals surface area contributed by atoms with Crippen molar-refractivity contribution in [3.05, 3.63) is 35.9 Å². The van der Waals surface area contributed by atoms with Crippen LogP contribution in [-0.2, 0) is 9.47 Å². The van der Waals surface area contributed by atoms with Gasteiger partial charge in [-0.25, -0.2) is 0 Å². The van der Waals surface area contributed by atoms with Crippen LogP contribution in [0.1, 0.15) is 32.4 Å². The van der Waals surface area contributed by atoms with Gasteiger partial charge in [-0.05, 0) is 26.3 Å². The highest BCUT2D eigenvalue weighted by Gasteiger charge is 2.09. The second-order valence-electron chi connectivity index (χ2n) is 4.38. The quantitative estimate of drug-likeness (QED) is 0.793. The molecule has 0 saturated carbocycles. The second-order valence-corrected chi connectivity index (χ2v) is 4.38. The fourth-order valence-corrected chi connectivity index (χ4v) is 1.45. The number of hydrogen-bond donors (Lipinski definition) is 1. The fraction of sp³-hybridized carbons (Fsp3) is 0.571. The lowest BCUT2D eigenvalue weighted by molar-refractivity contribution is -0.0535. The van der Waals surface area contributed by atoms with Crippen LogP contribution >= 0.6 is 0 Å². The van der Waals surface area contributed by atoms with E-state index in [-0.39, 0.29) is 12.2 Å². The van der Waals surface area contributed by atoms with Gasteiger partial charge >= 0.3 is 0 Å². The number of aliphatic hydroxyl groups is 1. The molecular formula is C14H22O3. The molecule has 0 aliphatic carbocycles. The lowest BCUT2D eigenvalue weighted by Gasteiger charge is -2.18. The van der Waals surface area contributed by atoms with E-state index in [1.165, 1.54) is 0 Å². The van der Waals surface area contributed by atoms with Crippen molar-refractivity contribution < 1.29 is 14.6 Å². The van der Waals surface area contributed by atoms with Gasteiger partial charge in [0.2, 0.25) is 0 Å². The molecule has 0 heterocycles. The maximum atomic E-state index is 9.09. The molecule has 96 valence electrons. The van der Waals surface area contributed by atoms with Crippen LogP contribution in [0, 0.1) is 0 Å². The van der Waals surface area contributed by atoms with Crippen LogP contribution < -0.4 is 0 Å². The Kier molecular flexibility index (Phi) is 6.19. The van der Waals surface area contributed by atoms with Crippen LogP contribution in [0.2, 0.25) is 0 Å². The molecule has 0 aromatic heterocycles. The minimum atomic E-state index is -0.427. The molecule has 0 amide bonds. The van der Waals surface area contributed by atoms with E-state index in [0.29, 0.717) is 13.2 Å². The first-order valence-corrected chi connectivity index (χ1v) is 6.05. The molecule has 0 bridgehead atoms. The van der Waals surface area contributed by atoms with E-state index in [2.05, 4.69) is 0 Å². The molecule has 0 aliphatic heterocycles. The SMILES string of the molecule is C[C@H](O)CO[C@@H](C)CO[C@@H](C)c1ccccc1. The summed E-state index contributed by atoms with van der Waals surface area (Å²) in [7, 11) is 0. The Morgan fingerprint density at radius 2 is 1.65 bits per heavy atom. The highest BCUT2D eigenvalue weighted by Crippen LogP contribution is 2.16. The van der Waals surface area contributed by atoms with Crippen molar-refractivity contribution in [1.82, 2.24) is 0 Å². The Morgan fingerprint density at radius 1 is 1.00 bits per heavy atom. The summed E-state index contributed by atoms with van der Waals surface area (Å²) >= 11 is 0. The Hall–Kier alpha value is -0.900. The van der Waals surface area contributed by atoms with E-state index in [1.807, 2.05) is 44.2 Å². The number of ether oxygens (including phenoxy) is 2. The lowest BCUT2D eigenvalue weighted by atomic mass is 10.1. The highest BCUT2D eigenvalue weighted by molar-refractivity contribution is 5.16. The van der Waals surface area contributed by atoms with E-state index < -0.39 is 6.10 Å². The Balaban J connectivity index is 2.26. The highest BCUT2D eigenvalue weighted by atomic mass is 16.5. The minimum absolute atomic E-state index is 0.00392. The minimum Gasteiger partial charge on any atom is -0.391 e. The van der Waals surface area contributed by atoms with Gasteiger partial charge in [-0.2, -0.15) is 0 Å². The molecule has 0 radical (unpaired) electrons. The largest absolute Gasteiger partial charge is 0.391 e. The van der Waals surface area contributed by atoms with Crippen LogP contribution in [0.5, 0.6) is 0 Å². The smallest absolute Gasteiger partial charge is 0.0798 e. The summed E-state index contributed by atoms with van der Waals surface area (Å²) in [5, 5.41) is 9.09. The molecule has 1 rings (SSSR count). The van der Waals surface area contributed by atoms with Crippen molar-refractivity contribution in [2.45, 2.75) is 39.1 Å². The van der Waals surface area contributed by atoms with Crippen molar-refractivity contribution in [3.63, 3.8) is 0 Å². The lowest BCUT2D eigenvalue weighted by Crippen LogP contribution is -2.22. The maximum Gasteiger partial charge on any atom is 0.0798 e. The number of rotatable bonds is 7. The van der Waals surface area contributed by atoms with Gasteiger partial charge < -0.3 is 14.6 Å². The van der Waals surface area contributed by atoms with Crippen molar-refractivity contribution in [2.24, 2.45) is 0 Å². The summed E-state index contributed by atoms with van der Waals surface area (Å²) < 4.78 is 11.1. The number of benzene rings is 1. The van der Waals surface area contributed by atoms with E-state index in [0.717, 1.165) is 5.56 Å². The third-order valence-corrected chi connectivity index (χ3v) is 2.47. The predicted molar refractivity (Wildman–Crippen MR) is 67.9 cm³/mol. The summed E-state index contributed by atoms with van der Waals surface area (Å²) in [5.74, 6) is 0. The zero-order valence-corrected chi connectivity index (χ0v) is 10.8. The molecule has 0 spiro atoms. The average molecular weight is 238 g/mol. The van der Waals surface area contributed by atoms with Gasteiger partial charge in [0.25, 0.3) is 0 Å². The third kappa shape index (κ3) is 5.82. The molecule has 3 heteroatoms. The second kappa shape index (κ2) is 7.43. The zero-order valence-electron chi connectivity index (χ0n) is 10.8. The average Bonchev–Trinajstić information content (AvgIpc) is 2.34. The molecule has 1 aromatic rings. The van der Waals surface area contributed by atoms with Crippen LogP contribution in [0.4, 0.5) is 0 Å². The summed E-state index contributed by atoms with van der Waals surface area (Å²) in [5.41, 5.74) is 1.16. The number of aliphatic hydroxyl groups excluding tert-OH is 1. The molecule has 0 unspecified atom stereocenters. The van der Waals surface area contributed by atoms with E-state index in [1.54, 1.807) is 6.92 Å². The predicted octanol–water partition coefficient (Wildman–Crippen LogP) is 2.55. The molecule has 0 aliphatic rings. The van der Waals surface area contributed by atoms with Crippen molar-refractivity contribution in [1.29, 1.82) is 0 Å². The molecular weight excluding hydrogens is 216 g/mol. The van der Waals surface area contributed by atoms with Crippen molar-refractivity contribution in [2.75, 3.05) is 13.2 Å². The normalized spacial score (nSPS) is 16.5. The van der Waals surface area contributed by atoms with Gasteiger partial charge in [0.05, 0.1) is 31.5 Å². The number of hydrogen-bond acceptors (Lipinski definition) is 3. The summed E-state index contributed by atoms with van der Waals surface area (Å²) in [6.07, 6.45) is -0.367. The molecule has 0 fully saturated rings. The van der Waals surface area contributed by atoms with Crippen LogP contribution in [0.3, 0.4) is 0 Å². The Labute approximate surface area is 103 Å². The van der Waals surface area contributed by atoms with Gasteiger partial charge in [-0.15, -0.1) is 0 Å². The monoisotopic (exact) mass is 238 g/mol. The van der Waals surface area contributed by atoms with Crippen LogP contribution in [0.15, 0.2) is 30.3 Å². The van der Waals surface area contributed by atoms with E-state index in [4.69, 9.17) is 14.6 Å². The first kappa shape index (κ1) is 14.2. The van der Waals surface area contributed by atoms with Gasteiger partial charge in [0, 0.05) is 0 Å². The molecule has 3 atom stereocenters. The molecule has 1 N–H and O–H groups in total. The van der Waals surface area contributed by atoms with Gasteiger partial charge in [-0.3, -0.25) is 0 Å². The van der Waals surface area contributed by atoms with Crippen LogP contribution in [0.25, 0.3) is 0 Å². The first-order valence-electron chi connectivity index (χ1n) is 6.05. The van der Waals surface area contributed by atoms with Gasteiger partial charge in [0.1, 0.15) is 0 Å². The van der Waals surface area contributed by atoms with Crippen LogP contribution in [-0.4, -0.2) is 30.5 Å². The van der Waals surface area contributed by atoms with E-state index >= 15 is 0 Å². The van der Waals surface area contributed by atoms with Gasteiger partial charge in [0.15, 0.2) is 0 Å². The van der Waals surface area contributed by atoms with Crippen molar-refractivity contribution >= 4 is 0 Å². The summed E-state index contributed by atoms with van der Waals surface area (Å²) in [6.45, 7) is 6.56. The fourth-order valence-electron chi connectivity index (χ4n) is 1.45. The molecule has 3 nitrogen and oxygen atoms in total. The standard InChI is InChI=1S/C14H22O3/c1-11(15)9-16-12(2)10-17-13(3)14-7-5-4-6-8-14/h4-8,11-13,15H,9-10H2,1-3H3/t11-,12-,13-/m0/s1. The maximum absolute atomic E-state index is 9.09. The molecule has 1 aromatic carbocycles. The van der Waals surface area contributed by atoms with Crippen molar-refractivity contribution in [3.8, 4) is 0 Å². The summed E-state index contributed by atoms with van der Waals surface area (Å²) in [4.78, 5) is 0. The third-order valence-electron chi connectivity index (χ3n) is 2.47. The topological polar surface area (TPSA) is 38.7 Å². The summed E-state index contributed by atoms with van der Waals surface area (Å²) in [6, 6.07) is 10.1. The van der Waals surface area contributed by atoms with E-state index in [9.17, 15) is 0 Å². The Bertz CT molecular complexity index is 298. The Morgan fingerprint density at radius 3 is 2.24 bits per heavy atom.